The van der Waals surface area contributed by atoms with Crippen molar-refractivity contribution in [2.24, 2.45) is 0 Å². The fourth-order valence-electron chi connectivity index (χ4n) is 0.625. The van der Waals surface area contributed by atoms with Gasteiger partial charge in [0.15, 0.2) is 0 Å². The Balaban J connectivity index is 0.000000487. The Labute approximate surface area is 120 Å². The summed E-state index contributed by atoms with van der Waals surface area (Å²) in [5.41, 5.74) is 0. The van der Waals surface area contributed by atoms with Gasteiger partial charge in [-0.05, 0) is 47.8 Å². The van der Waals surface area contributed by atoms with E-state index in [9.17, 15) is 4.79 Å². The Kier molecular flexibility index (Phi) is 8.31. The first kappa shape index (κ1) is 16.1. The summed E-state index contributed by atoms with van der Waals surface area (Å²) < 4.78 is 3.23. The molecule has 0 saturated heterocycles. The smallest absolute Gasteiger partial charge is 0.325 e. The van der Waals surface area contributed by atoms with Crippen LogP contribution in [0.1, 0.15) is 26.7 Å². The van der Waals surface area contributed by atoms with Crippen molar-refractivity contribution in [3.8, 4) is 0 Å². The number of aliphatic carboxylic acids is 1. The Hall–Kier alpha value is 0.120. The van der Waals surface area contributed by atoms with Crippen molar-refractivity contribution in [3.05, 3.63) is 13.7 Å². The summed E-state index contributed by atoms with van der Waals surface area (Å²) in [7, 11) is 0. The minimum atomic E-state index is -0.932. The first-order chi connectivity index (χ1) is 7.43. The zero-order valence-corrected chi connectivity index (χ0v) is 13.8. The molecule has 0 radical (unpaired) electrons. The molecule has 0 aliphatic carbocycles. The maximum atomic E-state index is 10.3. The number of aromatic nitrogens is 2. The summed E-state index contributed by atoms with van der Waals surface area (Å²) in [6, 6.07) is 0. The van der Waals surface area contributed by atoms with Gasteiger partial charge in [-0.2, -0.15) is 5.10 Å². The number of carboxylic acids is 1. The molecule has 0 unspecified atom stereocenters. The van der Waals surface area contributed by atoms with Crippen LogP contribution in [-0.4, -0.2) is 20.9 Å². The van der Waals surface area contributed by atoms with Crippen LogP contribution in [0.25, 0.3) is 0 Å². The minimum absolute atomic E-state index is 0.162. The molecule has 0 fully saturated rings. The predicted molar refractivity (Wildman–Crippen MR) is 73.5 cm³/mol. The van der Waals surface area contributed by atoms with E-state index in [-0.39, 0.29) is 6.54 Å². The highest BCUT2D eigenvalue weighted by Gasteiger charge is 2.12. The van der Waals surface area contributed by atoms with Crippen LogP contribution < -0.4 is 0 Å². The average molecular weight is 421 g/mol. The first-order valence-corrected chi connectivity index (χ1v) is 7.10. The highest BCUT2D eigenvalue weighted by Crippen LogP contribution is 2.29. The van der Waals surface area contributed by atoms with E-state index in [1.165, 1.54) is 17.5 Å². The van der Waals surface area contributed by atoms with Crippen LogP contribution >= 0.6 is 47.8 Å². The summed E-state index contributed by atoms with van der Waals surface area (Å²) in [5, 5.41) is 12.4. The van der Waals surface area contributed by atoms with Gasteiger partial charge in [0.2, 0.25) is 0 Å². The van der Waals surface area contributed by atoms with Gasteiger partial charge < -0.3 is 5.11 Å². The van der Waals surface area contributed by atoms with Crippen molar-refractivity contribution in [3.63, 3.8) is 0 Å². The average Bonchev–Trinajstić information content (AvgIpc) is 2.46. The summed E-state index contributed by atoms with van der Waals surface area (Å²) >= 11 is 9.56. The molecule has 1 heterocycles. The van der Waals surface area contributed by atoms with Crippen LogP contribution in [0.4, 0.5) is 0 Å². The second kappa shape index (κ2) is 8.25. The van der Waals surface area contributed by atoms with Gasteiger partial charge in [-0.1, -0.05) is 26.7 Å². The molecule has 16 heavy (non-hydrogen) atoms. The highest BCUT2D eigenvalue weighted by molar-refractivity contribution is 9.14. The van der Waals surface area contributed by atoms with Gasteiger partial charge in [-0.15, -0.1) is 0 Å². The van der Waals surface area contributed by atoms with Gasteiger partial charge in [-0.25, -0.2) is 4.68 Å². The van der Waals surface area contributed by atoms with E-state index in [0.29, 0.717) is 13.7 Å². The molecule has 0 spiro atoms. The fraction of sp³-hybridized carbons (Fsp3) is 0.556. The monoisotopic (exact) mass is 418 g/mol. The molecule has 0 amide bonds. The van der Waals surface area contributed by atoms with Crippen LogP contribution in [-0.2, 0) is 11.3 Å². The predicted octanol–water partition coefficient (Wildman–Crippen LogP) is 4.06. The van der Waals surface area contributed by atoms with Crippen LogP contribution in [0.5, 0.6) is 0 Å². The summed E-state index contributed by atoms with van der Waals surface area (Å²) in [5.74, 6) is -0.932. The van der Waals surface area contributed by atoms with E-state index in [2.05, 4.69) is 66.7 Å². The SMILES string of the molecule is CCCC.O=C(O)Cn1nc(Br)c(Br)c1Br. The quantitative estimate of drug-likeness (QED) is 0.802. The van der Waals surface area contributed by atoms with Gasteiger partial charge in [0.1, 0.15) is 15.8 Å². The molecule has 1 rings (SSSR count). The van der Waals surface area contributed by atoms with Crippen molar-refractivity contribution in [2.75, 3.05) is 0 Å². The summed E-state index contributed by atoms with van der Waals surface area (Å²) in [4.78, 5) is 10.3. The second-order valence-electron chi connectivity index (χ2n) is 2.95. The largest absolute Gasteiger partial charge is 0.480 e. The molecule has 0 bridgehead atoms. The number of carboxylic acid groups (broad SMARTS) is 1. The van der Waals surface area contributed by atoms with E-state index in [1.54, 1.807) is 0 Å². The van der Waals surface area contributed by atoms with Crippen LogP contribution in [0.3, 0.4) is 0 Å². The van der Waals surface area contributed by atoms with Gasteiger partial charge in [0.25, 0.3) is 0 Å². The van der Waals surface area contributed by atoms with Crippen molar-refractivity contribution >= 4 is 53.8 Å². The maximum absolute atomic E-state index is 10.3. The molecule has 1 aromatic heterocycles. The zero-order valence-electron chi connectivity index (χ0n) is 9.01. The highest BCUT2D eigenvalue weighted by atomic mass is 79.9. The summed E-state index contributed by atoms with van der Waals surface area (Å²) in [6.07, 6.45) is 2.64. The molecule has 0 saturated carbocycles. The normalized spacial score (nSPS) is 9.56. The van der Waals surface area contributed by atoms with Gasteiger partial charge >= 0.3 is 5.97 Å². The molecule has 0 atom stereocenters. The second-order valence-corrected chi connectivity index (χ2v) is 5.24. The topological polar surface area (TPSA) is 55.1 Å². The van der Waals surface area contributed by atoms with E-state index in [0.717, 1.165) is 0 Å². The van der Waals surface area contributed by atoms with E-state index < -0.39 is 5.97 Å². The van der Waals surface area contributed by atoms with Gasteiger partial charge in [0.05, 0.1) is 4.47 Å². The van der Waals surface area contributed by atoms with E-state index in [4.69, 9.17) is 5.11 Å². The number of unbranched alkanes of at least 4 members (excludes halogenated alkanes) is 1. The molecule has 1 aromatic rings. The Morgan fingerprint density at radius 2 is 1.81 bits per heavy atom. The van der Waals surface area contributed by atoms with Crippen LogP contribution in [0.15, 0.2) is 13.7 Å². The number of rotatable bonds is 3. The first-order valence-electron chi connectivity index (χ1n) is 4.73. The molecular weight excluding hydrogens is 408 g/mol. The molecule has 4 nitrogen and oxygen atoms in total. The standard InChI is InChI=1S/C5H3Br3N2O2.C4H10/c6-3-4(7)9-10(5(3)8)1-2(11)12;1-3-4-2/h1H2,(H,11,12);3-4H2,1-2H3. The number of nitrogens with zero attached hydrogens (tertiary/aromatic N) is 2. The third kappa shape index (κ3) is 5.45. The Morgan fingerprint density at radius 1 is 1.31 bits per heavy atom. The Bertz CT molecular complexity index is 351. The Morgan fingerprint density at radius 3 is 2.06 bits per heavy atom. The summed E-state index contributed by atoms with van der Waals surface area (Å²) in [6.45, 7) is 4.20. The minimum Gasteiger partial charge on any atom is -0.480 e. The molecule has 0 aromatic carbocycles. The third-order valence-corrected chi connectivity index (χ3v) is 4.76. The third-order valence-electron chi connectivity index (χ3n) is 1.58. The lowest BCUT2D eigenvalue weighted by molar-refractivity contribution is -0.137. The van der Waals surface area contributed by atoms with Crippen molar-refractivity contribution in [1.29, 1.82) is 0 Å². The number of carbonyl (C=O) groups is 1. The fourth-order valence-corrected chi connectivity index (χ4v) is 1.95. The molecule has 0 aliphatic rings. The van der Waals surface area contributed by atoms with Gasteiger partial charge in [0, 0.05) is 0 Å². The number of halogens is 3. The van der Waals surface area contributed by atoms with Crippen LogP contribution in [0.2, 0.25) is 0 Å². The van der Waals surface area contributed by atoms with Crippen LogP contribution in [0, 0.1) is 0 Å². The zero-order chi connectivity index (χ0) is 12.7. The molecule has 92 valence electrons. The van der Waals surface area contributed by atoms with E-state index >= 15 is 0 Å². The molecule has 1 N–H and O–H groups in total. The van der Waals surface area contributed by atoms with Crippen molar-refractivity contribution in [1.82, 2.24) is 9.78 Å². The molecule has 0 aliphatic heterocycles. The molecule has 7 heteroatoms. The van der Waals surface area contributed by atoms with Crippen molar-refractivity contribution < 1.29 is 9.90 Å². The van der Waals surface area contributed by atoms with Gasteiger partial charge in [-0.3, -0.25) is 4.79 Å². The lowest BCUT2D eigenvalue weighted by Crippen LogP contribution is -2.10. The maximum Gasteiger partial charge on any atom is 0.325 e. The lowest BCUT2D eigenvalue weighted by Gasteiger charge is -1.96. The number of hydrogen-bond donors (Lipinski definition) is 1. The van der Waals surface area contributed by atoms with Crippen molar-refractivity contribution in [2.45, 2.75) is 33.2 Å². The molecular formula is C9H13Br3N2O2. The lowest BCUT2D eigenvalue weighted by atomic mass is 10.4. The van der Waals surface area contributed by atoms with E-state index in [1.807, 2.05) is 0 Å². The number of hydrogen-bond acceptors (Lipinski definition) is 2.